The minimum Gasteiger partial charge on any atom is -0.496 e. The predicted octanol–water partition coefficient (Wildman–Crippen LogP) is 3.86. The van der Waals surface area contributed by atoms with E-state index >= 15 is 0 Å². The number of hydrogen-bond donors (Lipinski definition) is 0. The van der Waals surface area contributed by atoms with Crippen molar-refractivity contribution in [3.05, 3.63) is 83.7 Å². The summed E-state index contributed by atoms with van der Waals surface area (Å²) in [5.74, 6) is 0.669. The van der Waals surface area contributed by atoms with E-state index in [1.54, 1.807) is 42.1 Å². The van der Waals surface area contributed by atoms with Crippen molar-refractivity contribution in [3.63, 3.8) is 0 Å². The van der Waals surface area contributed by atoms with Gasteiger partial charge >= 0.3 is 0 Å². The summed E-state index contributed by atoms with van der Waals surface area (Å²) in [4.78, 5) is 14.1. The molecule has 2 aromatic carbocycles. The maximum atomic E-state index is 12.5. The van der Waals surface area contributed by atoms with Gasteiger partial charge < -0.3 is 9.64 Å². The first-order valence-corrected chi connectivity index (χ1v) is 8.73. The zero-order valence-corrected chi connectivity index (χ0v) is 15.8. The van der Waals surface area contributed by atoms with Crippen molar-refractivity contribution in [2.45, 2.75) is 13.5 Å². The van der Waals surface area contributed by atoms with Crippen LogP contribution >= 0.6 is 0 Å². The zero-order valence-electron chi connectivity index (χ0n) is 15.8. The van der Waals surface area contributed by atoms with E-state index in [-0.39, 0.29) is 5.91 Å². The lowest BCUT2D eigenvalue weighted by Gasteiger charge is -2.14. The van der Waals surface area contributed by atoms with E-state index in [9.17, 15) is 4.79 Å². The molecule has 138 valence electrons. The molecule has 3 aromatic rings. The highest BCUT2D eigenvalue weighted by molar-refractivity contribution is 5.92. The number of likely N-dealkylation sites (N-methyl/N-ethyl adjacent to an activating group) is 1. The third-order valence-electron chi connectivity index (χ3n) is 4.24. The van der Waals surface area contributed by atoms with Gasteiger partial charge in [-0.3, -0.25) is 4.79 Å². The van der Waals surface area contributed by atoms with Gasteiger partial charge in [0.2, 0.25) is 5.91 Å². The monoisotopic (exact) mass is 361 g/mol. The Labute approximate surface area is 159 Å². The summed E-state index contributed by atoms with van der Waals surface area (Å²) in [7, 11) is 3.40. The lowest BCUT2D eigenvalue weighted by molar-refractivity contribution is -0.125. The molecular weight excluding hydrogens is 338 g/mol. The SMILES string of the molecule is COc1ccc(C)cc1/C=C/C(=O)N(C)Cc1cnn(-c2ccccc2)c1. The molecule has 27 heavy (non-hydrogen) atoms. The fraction of sp³-hybridized carbons (Fsp3) is 0.182. The lowest BCUT2D eigenvalue weighted by atomic mass is 10.1. The molecule has 0 spiro atoms. The summed E-state index contributed by atoms with van der Waals surface area (Å²) in [5, 5.41) is 4.37. The fourth-order valence-electron chi connectivity index (χ4n) is 2.79. The number of ether oxygens (including phenoxy) is 1. The van der Waals surface area contributed by atoms with Crippen LogP contribution < -0.4 is 4.74 Å². The Morgan fingerprint density at radius 3 is 2.74 bits per heavy atom. The van der Waals surface area contributed by atoms with Gasteiger partial charge in [-0.05, 0) is 37.3 Å². The van der Waals surface area contributed by atoms with Crippen LogP contribution in [-0.4, -0.2) is 34.7 Å². The van der Waals surface area contributed by atoms with E-state index < -0.39 is 0 Å². The maximum Gasteiger partial charge on any atom is 0.246 e. The van der Waals surface area contributed by atoms with Crippen molar-refractivity contribution < 1.29 is 9.53 Å². The fourth-order valence-corrected chi connectivity index (χ4v) is 2.79. The van der Waals surface area contributed by atoms with Gasteiger partial charge in [0.15, 0.2) is 0 Å². The first kappa shape index (κ1) is 18.5. The van der Waals surface area contributed by atoms with Crippen LogP contribution in [0.2, 0.25) is 0 Å². The number of amides is 1. The lowest BCUT2D eigenvalue weighted by Crippen LogP contribution is -2.23. The topological polar surface area (TPSA) is 47.4 Å². The minimum atomic E-state index is -0.0778. The molecular formula is C22H23N3O2. The van der Waals surface area contributed by atoms with E-state index in [0.29, 0.717) is 6.54 Å². The number of nitrogens with zero attached hydrogens (tertiary/aromatic N) is 3. The molecule has 0 aliphatic carbocycles. The number of carbonyl (C=O) groups is 1. The van der Waals surface area contributed by atoms with Crippen molar-refractivity contribution in [2.75, 3.05) is 14.2 Å². The van der Waals surface area contributed by atoms with Gasteiger partial charge in [-0.1, -0.05) is 29.8 Å². The van der Waals surface area contributed by atoms with Gasteiger partial charge in [-0.15, -0.1) is 0 Å². The van der Waals surface area contributed by atoms with Crippen molar-refractivity contribution in [3.8, 4) is 11.4 Å². The highest BCUT2D eigenvalue weighted by atomic mass is 16.5. The number of aromatic nitrogens is 2. The minimum absolute atomic E-state index is 0.0778. The normalized spacial score (nSPS) is 10.9. The zero-order chi connectivity index (χ0) is 19.2. The van der Waals surface area contributed by atoms with Gasteiger partial charge in [0.1, 0.15) is 5.75 Å². The Balaban J connectivity index is 1.66. The summed E-state index contributed by atoms with van der Waals surface area (Å²) in [5.41, 5.74) is 3.96. The molecule has 0 aliphatic rings. The number of aryl methyl sites for hydroxylation is 1. The molecule has 0 radical (unpaired) electrons. The molecule has 5 heteroatoms. The van der Waals surface area contributed by atoms with Crippen LogP contribution in [0, 0.1) is 6.92 Å². The van der Waals surface area contributed by atoms with Gasteiger partial charge in [0, 0.05) is 37.0 Å². The van der Waals surface area contributed by atoms with Gasteiger partial charge in [-0.2, -0.15) is 5.10 Å². The van der Waals surface area contributed by atoms with Crippen LogP contribution in [-0.2, 0) is 11.3 Å². The van der Waals surface area contributed by atoms with Crippen LogP contribution in [0.5, 0.6) is 5.75 Å². The maximum absolute atomic E-state index is 12.5. The quantitative estimate of drug-likeness (QED) is 0.627. The molecule has 0 aliphatic heterocycles. The standard InChI is InChI=1S/C22H23N3O2/c1-17-9-11-21(27-3)19(13-17)10-12-22(26)24(2)15-18-14-23-25(16-18)20-7-5-4-6-8-20/h4-14,16H,15H2,1-3H3/b12-10+. The Morgan fingerprint density at radius 2 is 2.00 bits per heavy atom. The van der Waals surface area contributed by atoms with Crippen LogP contribution in [0.3, 0.4) is 0 Å². The third-order valence-corrected chi connectivity index (χ3v) is 4.24. The van der Waals surface area contributed by atoms with E-state index in [4.69, 9.17) is 4.74 Å². The Morgan fingerprint density at radius 1 is 1.22 bits per heavy atom. The second kappa shape index (κ2) is 8.36. The van der Waals surface area contributed by atoms with Crippen molar-refractivity contribution in [1.82, 2.24) is 14.7 Å². The molecule has 0 unspecified atom stereocenters. The van der Waals surface area contributed by atoms with E-state index in [1.165, 1.54) is 0 Å². The summed E-state index contributed by atoms with van der Waals surface area (Å²) >= 11 is 0. The summed E-state index contributed by atoms with van der Waals surface area (Å²) < 4.78 is 7.15. The number of para-hydroxylation sites is 1. The Kier molecular flexibility index (Phi) is 5.71. The number of benzene rings is 2. The van der Waals surface area contributed by atoms with E-state index in [1.807, 2.05) is 61.7 Å². The molecule has 0 N–H and O–H groups in total. The Hall–Kier alpha value is -3.34. The molecule has 1 aromatic heterocycles. The highest BCUT2D eigenvalue weighted by Crippen LogP contribution is 2.21. The average molecular weight is 361 g/mol. The molecule has 3 rings (SSSR count). The molecule has 0 saturated heterocycles. The van der Waals surface area contributed by atoms with Crippen LogP contribution in [0.4, 0.5) is 0 Å². The summed E-state index contributed by atoms with van der Waals surface area (Å²) in [6.07, 6.45) is 7.08. The van der Waals surface area contributed by atoms with Crippen LogP contribution in [0.1, 0.15) is 16.7 Å². The number of carbonyl (C=O) groups excluding carboxylic acids is 1. The number of hydrogen-bond acceptors (Lipinski definition) is 3. The molecule has 0 saturated carbocycles. The van der Waals surface area contributed by atoms with Crippen LogP contribution in [0.25, 0.3) is 11.8 Å². The molecule has 0 fully saturated rings. The number of rotatable bonds is 6. The highest BCUT2D eigenvalue weighted by Gasteiger charge is 2.09. The van der Waals surface area contributed by atoms with E-state index in [2.05, 4.69) is 5.10 Å². The van der Waals surface area contributed by atoms with Gasteiger partial charge in [0.05, 0.1) is 19.0 Å². The van der Waals surface area contributed by atoms with Crippen molar-refractivity contribution in [1.29, 1.82) is 0 Å². The van der Waals surface area contributed by atoms with E-state index in [0.717, 1.165) is 28.1 Å². The number of methoxy groups -OCH3 is 1. The molecule has 1 amide bonds. The first-order valence-electron chi connectivity index (χ1n) is 8.73. The predicted molar refractivity (Wildman–Crippen MR) is 107 cm³/mol. The Bertz CT molecular complexity index is 945. The summed E-state index contributed by atoms with van der Waals surface area (Å²) in [6.45, 7) is 2.50. The van der Waals surface area contributed by atoms with Crippen molar-refractivity contribution >= 4 is 12.0 Å². The van der Waals surface area contributed by atoms with Gasteiger partial charge in [0.25, 0.3) is 0 Å². The third kappa shape index (κ3) is 4.64. The first-order chi connectivity index (χ1) is 13.1. The van der Waals surface area contributed by atoms with Crippen LogP contribution in [0.15, 0.2) is 67.0 Å². The molecule has 0 bridgehead atoms. The average Bonchev–Trinajstić information content (AvgIpc) is 3.15. The molecule has 1 heterocycles. The summed E-state index contributed by atoms with van der Waals surface area (Å²) in [6, 6.07) is 15.8. The molecule has 0 atom stereocenters. The molecule has 5 nitrogen and oxygen atoms in total. The largest absolute Gasteiger partial charge is 0.496 e. The second-order valence-electron chi connectivity index (χ2n) is 6.40. The van der Waals surface area contributed by atoms with Gasteiger partial charge in [-0.25, -0.2) is 4.68 Å². The second-order valence-corrected chi connectivity index (χ2v) is 6.40. The smallest absolute Gasteiger partial charge is 0.246 e. The van der Waals surface area contributed by atoms with Crippen molar-refractivity contribution in [2.24, 2.45) is 0 Å².